The SMILES string of the molecule is COC(=O)C1=NN[C@H]2C(=O)N(c3cccc(C(C)=O)c3)C(=O)[C@H]12. The monoisotopic (exact) mass is 315 g/mol. The van der Waals surface area contributed by atoms with E-state index in [0.29, 0.717) is 5.56 Å². The molecule has 2 heterocycles. The van der Waals surface area contributed by atoms with Crippen molar-refractivity contribution in [2.75, 3.05) is 12.0 Å². The standard InChI is InChI=1S/C15H13N3O5/c1-7(19)8-4-3-5-9(6-8)18-13(20)10-11(14(18)21)16-17-12(10)15(22)23-2/h3-6,10-11,16H,1-2H3/t10-,11+/m0/s1. The van der Waals surface area contributed by atoms with Crippen molar-refractivity contribution >= 4 is 35.0 Å². The van der Waals surface area contributed by atoms with Crippen molar-refractivity contribution in [3.63, 3.8) is 0 Å². The molecule has 0 saturated carbocycles. The molecule has 2 aliphatic heterocycles. The minimum atomic E-state index is -1.02. The number of rotatable bonds is 3. The number of anilines is 1. The maximum absolute atomic E-state index is 12.6. The third-order valence-corrected chi connectivity index (χ3v) is 3.83. The number of fused-ring (bicyclic) bond motifs is 1. The summed E-state index contributed by atoms with van der Waals surface area (Å²) in [5, 5.41) is 3.74. The molecule has 1 aromatic carbocycles. The minimum Gasteiger partial charge on any atom is -0.464 e. The first-order valence-electron chi connectivity index (χ1n) is 6.86. The van der Waals surface area contributed by atoms with Gasteiger partial charge in [-0.25, -0.2) is 9.69 Å². The number of nitrogens with one attached hydrogen (secondary N) is 1. The molecular formula is C15H13N3O5. The second-order valence-corrected chi connectivity index (χ2v) is 5.19. The van der Waals surface area contributed by atoms with Gasteiger partial charge in [0, 0.05) is 5.56 Å². The molecule has 0 unspecified atom stereocenters. The summed E-state index contributed by atoms with van der Waals surface area (Å²) < 4.78 is 4.58. The lowest BCUT2D eigenvalue weighted by molar-refractivity contribution is -0.133. The number of imide groups is 1. The summed E-state index contributed by atoms with van der Waals surface area (Å²) in [5.74, 6) is -3.05. The lowest BCUT2D eigenvalue weighted by atomic mass is 9.99. The summed E-state index contributed by atoms with van der Waals surface area (Å²) in [7, 11) is 1.17. The first-order valence-corrected chi connectivity index (χ1v) is 6.86. The Morgan fingerprint density at radius 2 is 2.00 bits per heavy atom. The smallest absolute Gasteiger partial charge is 0.355 e. The van der Waals surface area contributed by atoms with Crippen molar-refractivity contribution in [1.29, 1.82) is 0 Å². The highest BCUT2D eigenvalue weighted by atomic mass is 16.5. The highest BCUT2D eigenvalue weighted by Crippen LogP contribution is 2.31. The maximum atomic E-state index is 12.6. The number of amides is 2. The van der Waals surface area contributed by atoms with E-state index in [9.17, 15) is 19.2 Å². The quantitative estimate of drug-likeness (QED) is 0.473. The molecule has 3 rings (SSSR count). The van der Waals surface area contributed by atoms with Gasteiger partial charge in [-0.2, -0.15) is 5.10 Å². The van der Waals surface area contributed by atoms with E-state index in [1.807, 2.05) is 0 Å². The number of benzene rings is 1. The Bertz CT molecular complexity index is 770. The molecule has 2 aliphatic rings. The number of hydrazone groups is 1. The summed E-state index contributed by atoms with van der Waals surface area (Å²) in [6, 6.07) is 5.27. The van der Waals surface area contributed by atoms with Crippen LogP contribution >= 0.6 is 0 Å². The molecule has 1 aromatic rings. The predicted molar refractivity (Wildman–Crippen MR) is 78.8 cm³/mol. The lowest BCUT2D eigenvalue weighted by Gasteiger charge is -2.16. The number of methoxy groups -OCH3 is 1. The molecule has 2 amide bonds. The molecule has 23 heavy (non-hydrogen) atoms. The van der Waals surface area contributed by atoms with Crippen LogP contribution in [-0.4, -0.2) is 42.4 Å². The van der Waals surface area contributed by atoms with Gasteiger partial charge < -0.3 is 4.74 Å². The summed E-state index contributed by atoms with van der Waals surface area (Å²) in [4.78, 5) is 49.2. The van der Waals surface area contributed by atoms with Gasteiger partial charge in [-0.15, -0.1) is 0 Å². The first-order chi connectivity index (χ1) is 11.0. The fraction of sp³-hybridized carbons (Fsp3) is 0.267. The molecule has 0 spiro atoms. The molecule has 1 N–H and O–H groups in total. The van der Waals surface area contributed by atoms with Crippen LogP contribution in [-0.2, 0) is 19.1 Å². The van der Waals surface area contributed by atoms with Crippen molar-refractivity contribution < 1.29 is 23.9 Å². The summed E-state index contributed by atoms with van der Waals surface area (Å²) >= 11 is 0. The number of esters is 1. The topological polar surface area (TPSA) is 105 Å². The van der Waals surface area contributed by atoms with Gasteiger partial charge in [-0.3, -0.25) is 19.8 Å². The highest BCUT2D eigenvalue weighted by Gasteiger charge is 2.55. The van der Waals surface area contributed by atoms with Crippen LogP contribution < -0.4 is 10.3 Å². The van der Waals surface area contributed by atoms with E-state index in [1.54, 1.807) is 18.2 Å². The van der Waals surface area contributed by atoms with Gasteiger partial charge in [-0.05, 0) is 19.1 Å². The molecular weight excluding hydrogens is 302 g/mol. The van der Waals surface area contributed by atoms with Gasteiger partial charge in [0.25, 0.3) is 5.91 Å². The molecule has 0 aliphatic carbocycles. The summed E-state index contributed by atoms with van der Waals surface area (Å²) in [6.07, 6.45) is 0. The van der Waals surface area contributed by atoms with Gasteiger partial charge in [0.1, 0.15) is 12.0 Å². The van der Waals surface area contributed by atoms with Gasteiger partial charge >= 0.3 is 5.97 Å². The van der Waals surface area contributed by atoms with E-state index >= 15 is 0 Å². The normalized spacial score (nSPS) is 22.5. The molecule has 2 atom stereocenters. The molecule has 0 radical (unpaired) electrons. The van der Waals surface area contributed by atoms with E-state index in [-0.39, 0.29) is 17.2 Å². The van der Waals surface area contributed by atoms with Crippen LogP contribution in [0.1, 0.15) is 17.3 Å². The zero-order valence-electron chi connectivity index (χ0n) is 12.4. The Morgan fingerprint density at radius 1 is 1.26 bits per heavy atom. The second kappa shape index (κ2) is 5.31. The molecule has 0 aromatic heterocycles. The Hall–Kier alpha value is -3.03. The molecule has 1 saturated heterocycles. The average molecular weight is 315 g/mol. The van der Waals surface area contributed by atoms with Crippen LogP contribution in [0.2, 0.25) is 0 Å². The zero-order valence-corrected chi connectivity index (χ0v) is 12.4. The van der Waals surface area contributed by atoms with Crippen molar-refractivity contribution in [2.45, 2.75) is 13.0 Å². The third-order valence-electron chi connectivity index (χ3n) is 3.83. The van der Waals surface area contributed by atoms with E-state index in [1.165, 1.54) is 20.1 Å². The predicted octanol–water partition coefficient (Wildman–Crippen LogP) is -0.121. The second-order valence-electron chi connectivity index (χ2n) is 5.19. The number of carbonyl (C=O) groups is 4. The molecule has 0 bridgehead atoms. The van der Waals surface area contributed by atoms with Crippen molar-refractivity contribution in [1.82, 2.24) is 5.43 Å². The van der Waals surface area contributed by atoms with Gasteiger partial charge in [0.15, 0.2) is 11.5 Å². The van der Waals surface area contributed by atoms with Crippen molar-refractivity contribution in [3.05, 3.63) is 29.8 Å². The first kappa shape index (κ1) is 14.9. The average Bonchev–Trinajstić information content (AvgIpc) is 3.08. The Kier molecular flexibility index (Phi) is 3.44. The van der Waals surface area contributed by atoms with Crippen LogP contribution in [0.5, 0.6) is 0 Å². The van der Waals surface area contributed by atoms with Gasteiger partial charge in [0.2, 0.25) is 5.91 Å². The van der Waals surface area contributed by atoms with E-state index < -0.39 is 29.7 Å². The van der Waals surface area contributed by atoms with E-state index in [2.05, 4.69) is 15.3 Å². The number of hydrogen-bond donors (Lipinski definition) is 1. The Morgan fingerprint density at radius 3 is 2.65 bits per heavy atom. The van der Waals surface area contributed by atoms with Gasteiger partial charge in [0.05, 0.1) is 12.8 Å². The number of ketones is 1. The van der Waals surface area contributed by atoms with Crippen molar-refractivity contribution in [2.24, 2.45) is 11.0 Å². The number of ether oxygens (including phenoxy) is 1. The van der Waals surface area contributed by atoms with E-state index in [0.717, 1.165) is 4.90 Å². The zero-order chi connectivity index (χ0) is 16.7. The maximum Gasteiger partial charge on any atom is 0.355 e. The molecule has 118 valence electrons. The van der Waals surface area contributed by atoms with Crippen LogP contribution in [0.25, 0.3) is 0 Å². The molecule has 1 fully saturated rings. The van der Waals surface area contributed by atoms with Crippen LogP contribution in [0.4, 0.5) is 5.69 Å². The number of hydrogen-bond acceptors (Lipinski definition) is 7. The fourth-order valence-corrected chi connectivity index (χ4v) is 2.68. The van der Waals surface area contributed by atoms with Gasteiger partial charge in [-0.1, -0.05) is 12.1 Å². The number of carbonyl (C=O) groups excluding carboxylic acids is 4. The molecule has 8 heteroatoms. The Labute approximate surface area is 131 Å². The lowest BCUT2D eigenvalue weighted by Crippen LogP contribution is -2.36. The van der Waals surface area contributed by atoms with Crippen LogP contribution in [0.15, 0.2) is 29.4 Å². The van der Waals surface area contributed by atoms with Crippen LogP contribution in [0.3, 0.4) is 0 Å². The number of nitrogens with zero attached hydrogens (tertiary/aromatic N) is 2. The number of Topliss-reactive ketones (excluding diaryl/α,β-unsaturated/α-hetero) is 1. The van der Waals surface area contributed by atoms with Crippen molar-refractivity contribution in [3.8, 4) is 0 Å². The molecule has 8 nitrogen and oxygen atoms in total. The largest absolute Gasteiger partial charge is 0.464 e. The summed E-state index contributed by atoms with van der Waals surface area (Å²) in [6.45, 7) is 1.39. The Balaban J connectivity index is 1.98. The van der Waals surface area contributed by atoms with E-state index in [4.69, 9.17) is 0 Å². The minimum absolute atomic E-state index is 0.124. The highest BCUT2D eigenvalue weighted by molar-refractivity contribution is 6.46. The third kappa shape index (κ3) is 2.19. The fourth-order valence-electron chi connectivity index (χ4n) is 2.68. The summed E-state index contributed by atoms with van der Waals surface area (Å²) in [5.41, 5.74) is 3.05. The van der Waals surface area contributed by atoms with Crippen LogP contribution in [0, 0.1) is 5.92 Å².